The molecule has 0 aromatic rings. The van der Waals surface area contributed by atoms with Crippen LogP contribution >= 0.6 is 0 Å². The first-order valence-electron chi connectivity index (χ1n) is 6.20. The second-order valence-electron chi connectivity index (χ2n) is 4.58. The van der Waals surface area contributed by atoms with Crippen LogP contribution in [0.4, 0.5) is 0 Å². The van der Waals surface area contributed by atoms with Gasteiger partial charge in [0, 0.05) is 19.6 Å². The molecule has 0 aliphatic carbocycles. The molecule has 0 atom stereocenters. The number of carbonyl (C=O) groups excluding carboxylic acids is 1. The van der Waals surface area contributed by atoms with Gasteiger partial charge in [-0.25, -0.2) is 0 Å². The highest BCUT2D eigenvalue weighted by atomic mass is 16.5. The van der Waals surface area contributed by atoms with Crippen LogP contribution in [0.5, 0.6) is 0 Å². The molecule has 1 saturated heterocycles. The molecular formula is C13H23NO2. The monoisotopic (exact) mass is 225 g/mol. The summed E-state index contributed by atoms with van der Waals surface area (Å²) >= 11 is 0. The first kappa shape index (κ1) is 13.4. The number of hydrogen-bond acceptors (Lipinski definition) is 3. The van der Waals surface area contributed by atoms with Crippen LogP contribution in [-0.2, 0) is 9.53 Å². The molecule has 2 N–H and O–H groups in total. The lowest BCUT2D eigenvalue weighted by Gasteiger charge is -2.31. The maximum atomic E-state index is 12.0. The van der Waals surface area contributed by atoms with Gasteiger partial charge in [0.2, 0.25) is 0 Å². The number of hydrogen-bond donors (Lipinski definition) is 1. The number of ketones is 1. The van der Waals surface area contributed by atoms with Crippen molar-refractivity contribution >= 4 is 5.78 Å². The van der Waals surface area contributed by atoms with Crippen LogP contribution < -0.4 is 5.73 Å². The molecule has 0 spiro atoms. The van der Waals surface area contributed by atoms with Gasteiger partial charge in [0.05, 0.1) is 5.54 Å². The summed E-state index contributed by atoms with van der Waals surface area (Å²) in [7, 11) is 0. The van der Waals surface area contributed by atoms with Crippen LogP contribution in [0.25, 0.3) is 0 Å². The number of allylic oxidation sites excluding steroid dienone is 1. The Bertz CT molecular complexity index is 232. The van der Waals surface area contributed by atoms with Crippen LogP contribution in [0.1, 0.15) is 44.9 Å². The third-order valence-electron chi connectivity index (χ3n) is 3.25. The second-order valence-corrected chi connectivity index (χ2v) is 4.58. The molecule has 92 valence electrons. The van der Waals surface area contributed by atoms with Gasteiger partial charge in [0.15, 0.2) is 5.78 Å². The van der Waals surface area contributed by atoms with E-state index in [9.17, 15) is 4.79 Å². The summed E-state index contributed by atoms with van der Waals surface area (Å²) in [6.07, 6.45) is 8.10. The van der Waals surface area contributed by atoms with E-state index in [0.29, 0.717) is 32.5 Å². The average molecular weight is 225 g/mol. The average Bonchev–Trinajstić information content (AvgIpc) is 2.29. The van der Waals surface area contributed by atoms with Crippen molar-refractivity contribution in [3.8, 4) is 0 Å². The van der Waals surface area contributed by atoms with Gasteiger partial charge in [-0.05, 0) is 32.1 Å². The number of carbonyl (C=O) groups is 1. The van der Waals surface area contributed by atoms with Crippen LogP contribution in [0.3, 0.4) is 0 Å². The Balaban J connectivity index is 2.20. The third-order valence-corrected chi connectivity index (χ3v) is 3.25. The van der Waals surface area contributed by atoms with Gasteiger partial charge >= 0.3 is 0 Å². The van der Waals surface area contributed by atoms with Gasteiger partial charge in [0.25, 0.3) is 0 Å². The Morgan fingerprint density at radius 1 is 1.31 bits per heavy atom. The molecule has 3 heteroatoms. The summed E-state index contributed by atoms with van der Waals surface area (Å²) in [5.41, 5.74) is 5.50. The SMILES string of the molecule is C=CCCCCCC(=O)C1(N)CCOCC1. The molecule has 1 aliphatic rings. The second kappa shape index (κ2) is 6.81. The number of Topliss-reactive ketones (excluding diaryl/α,β-unsaturated/α-hetero) is 1. The Labute approximate surface area is 98.0 Å². The molecule has 3 nitrogen and oxygen atoms in total. The van der Waals surface area contributed by atoms with E-state index in [1.807, 2.05) is 6.08 Å². The summed E-state index contributed by atoms with van der Waals surface area (Å²) in [4.78, 5) is 12.0. The van der Waals surface area contributed by atoms with E-state index in [4.69, 9.17) is 10.5 Å². The minimum Gasteiger partial charge on any atom is -0.381 e. The highest BCUT2D eigenvalue weighted by molar-refractivity contribution is 5.88. The van der Waals surface area contributed by atoms with Gasteiger partial charge in [-0.15, -0.1) is 6.58 Å². The van der Waals surface area contributed by atoms with Crippen molar-refractivity contribution < 1.29 is 9.53 Å². The van der Waals surface area contributed by atoms with Crippen LogP contribution in [0.15, 0.2) is 12.7 Å². The molecular weight excluding hydrogens is 202 g/mol. The van der Waals surface area contributed by atoms with Crippen molar-refractivity contribution in [2.75, 3.05) is 13.2 Å². The van der Waals surface area contributed by atoms with E-state index >= 15 is 0 Å². The summed E-state index contributed by atoms with van der Waals surface area (Å²) in [6, 6.07) is 0. The molecule has 0 radical (unpaired) electrons. The maximum Gasteiger partial charge on any atom is 0.152 e. The zero-order valence-corrected chi connectivity index (χ0v) is 10.0. The predicted molar refractivity (Wildman–Crippen MR) is 65.3 cm³/mol. The lowest BCUT2D eigenvalue weighted by Crippen LogP contribution is -2.51. The Kier molecular flexibility index (Phi) is 5.71. The van der Waals surface area contributed by atoms with Crippen molar-refractivity contribution in [2.45, 2.75) is 50.5 Å². The number of nitrogens with two attached hydrogens (primary N) is 1. The molecule has 1 rings (SSSR count). The van der Waals surface area contributed by atoms with Gasteiger partial charge in [-0.2, -0.15) is 0 Å². The number of ether oxygens (including phenoxy) is 1. The standard InChI is InChI=1S/C13H23NO2/c1-2-3-4-5-6-7-12(15)13(14)8-10-16-11-9-13/h2H,1,3-11,14H2. The van der Waals surface area contributed by atoms with Crippen LogP contribution in [-0.4, -0.2) is 24.5 Å². The number of rotatable bonds is 7. The van der Waals surface area contributed by atoms with Crippen LogP contribution in [0, 0.1) is 0 Å². The number of unbranched alkanes of at least 4 members (excludes halogenated alkanes) is 3. The molecule has 0 bridgehead atoms. The van der Waals surface area contributed by atoms with Crippen molar-refractivity contribution in [3.05, 3.63) is 12.7 Å². The minimum atomic E-state index is -0.601. The molecule has 0 amide bonds. The normalized spacial score (nSPS) is 19.3. The first-order chi connectivity index (χ1) is 7.69. The van der Waals surface area contributed by atoms with Gasteiger partial charge in [0.1, 0.15) is 0 Å². The zero-order chi connectivity index (χ0) is 11.9. The van der Waals surface area contributed by atoms with Gasteiger partial charge in [-0.3, -0.25) is 4.79 Å². The van der Waals surface area contributed by atoms with E-state index in [0.717, 1.165) is 25.7 Å². The summed E-state index contributed by atoms with van der Waals surface area (Å²) < 4.78 is 5.23. The molecule has 0 unspecified atom stereocenters. The fourth-order valence-corrected chi connectivity index (χ4v) is 2.01. The van der Waals surface area contributed by atoms with Gasteiger partial charge in [-0.1, -0.05) is 12.5 Å². The molecule has 1 aliphatic heterocycles. The maximum absolute atomic E-state index is 12.0. The van der Waals surface area contributed by atoms with Crippen LogP contribution in [0.2, 0.25) is 0 Å². The van der Waals surface area contributed by atoms with Crippen molar-refractivity contribution in [1.82, 2.24) is 0 Å². The topological polar surface area (TPSA) is 52.3 Å². The van der Waals surface area contributed by atoms with Crippen molar-refractivity contribution in [3.63, 3.8) is 0 Å². The quantitative estimate of drug-likeness (QED) is 0.534. The largest absolute Gasteiger partial charge is 0.381 e. The lowest BCUT2D eigenvalue weighted by atomic mass is 9.84. The highest BCUT2D eigenvalue weighted by Gasteiger charge is 2.34. The summed E-state index contributed by atoms with van der Waals surface area (Å²) in [5.74, 6) is 0.217. The zero-order valence-electron chi connectivity index (χ0n) is 10.0. The first-order valence-corrected chi connectivity index (χ1v) is 6.20. The minimum absolute atomic E-state index is 0.217. The molecule has 1 fully saturated rings. The smallest absolute Gasteiger partial charge is 0.152 e. The molecule has 0 aromatic heterocycles. The summed E-state index contributed by atoms with van der Waals surface area (Å²) in [6.45, 7) is 4.92. The Hall–Kier alpha value is -0.670. The van der Waals surface area contributed by atoms with E-state index in [-0.39, 0.29) is 5.78 Å². The molecule has 1 heterocycles. The Morgan fingerprint density at radius 2 is 2.00 bits per heavy atom. The van der Waals surface area contributed by atoms with E-state index in [1.54, 1.807) is 0 Å². The molecule has 0 aromatic carbocycles. The third kappa shape index (κ3) is 4.06. The summed E-state index contributed by atoms with van der Waals surface area (Å²) in [5, 5.41) is 0. The fraction of sp³-hybridized carbons (Fsp3) is 0.769. The van der Waals surface area contributed by atoms with Crippen molar-refractivity contribution in [2.24, 2.45) is 5.73 Å². The molecule has 0 saturated carbocycles. The van der Waals surface area contributed by atoms with Gasteiger partial charge < -0.3 is 10.5 Å². The van der Waals surface area contributed by atoms with E-state index in [2.05, 4.69) is 6.58 Å². The van der Waals surface area contributed by atoms with E-state index in [1.165, 1.54) is 0 Å². The lowest BCUT2D eigenvalue weighted by molar-refractivity contribution is -0.127. The Morgan fingerprint density at radius 3 is 2.62 bits per heavy atom. The van der Waals surface area contributed by atoms with E-state index < -0.39 is 5.54 Å². The fourth-order valence-electron chi connectivity index (χ4n) is 2.01. The highest BCUT2D eigenvalue weighted by Crippen LogP contribution is 2.21. The van der Waals surface area contributed by atoms with Crippen molar-refractivity contribution in [1.29, 1.82) is 0 Å². The molecule has 16 heavy (non-hydrogen) atoms. The predicted octanol–water partition coefficient (Wildman–Crippen LogP) is 2.20.